The third kappa shape index (κ3) is 4.73. The van der Waals surface area contributed by atoms with Crippen LogP contribution in [-0.4, -0.2) is 38.4 Å². The van der Waals surface area contributed by atoms with Crippen LogP contribution in [0.4, 0.5) is 11.4 Å². The predicted molar refractivity (Wildman–Crippen MR) is 135 cm³/mol. The molecular weight excluding hydrogens is 446 g/mol. The minimum Gasteiger partial charge on any atom is -0.309 e. The van der Waals surface area contributed by atoms with Gasteiger partial charge in [0.05, 0.1) is 4.90 Å². The number of rotatable bonds is 6. The third-order valence-electron chi connectivity index (χ3n) is 7.76. The fourth-order valence-corrected chi connectivity index (χ4v) is 6.44. The number of hydrogen-bond donors (Lipinski definition) is 1. The van der Waals surface area contributed by atoms with Gasteiger partial charge in [-0.3, -0.25) is 14.4 Å². The summed E-state index contributed by atoms with van der Waals surface area (Å²) in [4.78, 5) is 17.5. The molecule has 3 aliphatic rings. The van der Waals surface area contributed by atoms with Gasteiger partial charge in [-0.25, -0.2) is 8.42 Å². The zero-order chi connectivity index (χ0) is 23.9. The van der Waals surface area contributed by atoms with E-state index in [1.807, 2.05) is 36.1 Å². The number of nitrogens with one attached hydrogen (secondary N) is 1. The average Bonchev–Trinajstić information content (AvgIpc) is 3.10. The summed E-state index contributed by atoms with van der Waals surface area (Å²) >= 11 is 0. The Balaban J connectivity index is 1.26. The van der Waals surface area contributed by atoms with Gasteiger partial charge >= 0.3 is 0 Å². The van der Waals surface area contributed by atoms with Crippen LogP contribution in [0.1, 0.15) is 57.1 Å². The van der Waals surface area contributed by atoms with E-state index < -0.39 is 10.0 Å². The Morgan fingerprint density at radius 1 is 1.00 bits per heavy atom. The van der Waals surface area contributed by atoms with Crippen molar-refractivity contribution in [2.75, 3.05) is 22.7 Å². The molecule has 5 rings (SSSR count). The Bertz CT molecular complexity index is 1150. The van der Waals surface area contributed by atoms with Gasteiger partial charge in [-0.1, -0.05) is 25.5 Å². The molecule has 1 N–H and O–H groups in total. The van der Waals surface area contributed by atoms with Gasteiger partial charge in [0.2, 0.25) is 5.91 Å². The first-order chi connectivity index (χ1) is 16.3. The van der Waals surface area contributed by atoms with Gasteiger partial charge in [0, 0.05) is 29.9 Å². The molecule has 0 spiro atoms. The summed E-state index contributed by atoms with van der Waals surface area (Å²) in [6, 6.07) is 12.9. The zero-order valence-electron chi connectivity index (χ0n) is 20.2. The monoisotopic (exact) mass is 481 g/mol. The Morgan fingerprint density at radius 3 is 2.35 bits per heavy atom. The second-order valence-corrected chi connectivity index (χ2v) is 12.1. The van der Waals surface area contributed by atoms with Crippen LogP contribution >= 0.6 is 0 Å². The maximum absolute atomic E-state index is 13.1. The molecule has 0 radical (unpaired) electrons. The van der Waals surface area contributed by atoms with Crippen molar-refractivity contribution in [1.29, 1.82) is 0 Å². The van der Waals surface area contributed by atoms with Crippen LogP contribution in [0.25, 0.3) is 0 Å². The minimum atomic E-state index is -3.71. The summed E-state index contributed by atoms with van der Waals surface area (Å²) in [5.74, 6) is 1.12. The highest BCUT2D eigenvalue weighted by molar-refractivity contribution is 7.92. The van der Waals surface area contributed by atoms with E-state index in [4.69, 9.17) is 0 Å². The number of piperidine rings is 1. The molecular formula is C27H35N3O3S. The SMILES string of the molecule is CC1CCN(Cc2ccc(NS(=O)(=O)c3ccc4c(c3)C[C@@H](C)N4C(=O)C3CCC3)cc2)CC1. The van der Waals surface area contributed by atoms with Crippen LogP contribution in [0, 0.1) is 11.8 Å². The Kier molecular flexibility index (Phi) is 6.42. The van der Waals surface area contributed by atoms with E-state index in [-0.39, 0.29) is 22.8 Å². The van der Waals surface area contributed by atoms with Crippen LogP contribution in [0.2, 0.25) is 0 Å². The van der Waals surface area contributed by atoms with E-state index in [1.165, 1.54) is 18.4 Å². The quantitative estimate of drug-likeness (QED) is 0.644. The highest BCUT2D eigenvalue weighted by atomic mass is 32.2. The van der Waals surface area contributed by atoms with Crippen LogP contribution in [0.5, 0.6) is 0 Å². The molecule has 0 bridgehead atoms. The van der Waals surface area contributed by atoms with Crippen LogP contribution < -0.4 is 9.62 Å². The topological polar surface area (TPSA) is 69.7 Å². The number of hydrogen-bond acceptors (Lipinski definition) is 4. The number of carbonyl (C=O) groups is 1. The molecule has 1 amide bonds. The number of fused-ring (bicyclic) bond motifs is 1. The molecule has 2 aromatic rings. The zero-order valence-corrected chi connectivity index (χ0v) is 21.0. The van der Waals surface area contributed by atoms with Gasteiger partial charge in [0.1, 0.15) is 0 Å². The second kappa shape index (κ2) is 9.34. The summed E-state index contributed by atoms with van der Waals surface area (Å²) < 4.78 is 28.9. The van der Waals surface area contributed by atoms with Crippen molar-refractivity contribution in [3.05, 3.63) is 53.6 Å². The smallest absolute Gasteiger partial charge is 0.261 e. The Morgan fingerprint density at radius 2 is 1.71 bits per heavy atom. The Hall–Kier alpha value is -2.38. The maximum Gasteiger partial charge on any atom is 0.261 e. The molecule has 2 aromatic carbocycles. The fourth-order valence-electron chi connectivity index (χ4n) is 5.33. The van der Waals surface area contributed by atoms with E-state index in [0.717, 1.165) is 56.1 Å². The molecule has 6 nitrogen and oxygen atoms in total. The summed E-state index contributed by atoms with van der Waals surface area (Å²) in [6.45, 7) is 7.49. The van der Waals surface area contributed by atoms with Gasteiger partial charge in [-0.2, -0.15) is 0 Å². The summed E-state index contributed by atoms with van der Waals surface area (Å²) in [5, 5.41) is 0. The molecule has 2 fully saturated rings. The normalized spacial score (nSPS) is 21.8. The van der Waals surface area contributed by atoms with E-state index in [9.17, 15) is 13.2 Å². The Labute approximate surface area is 203 Å². The number of nitrogens with zero attached hydrogens (tertiary/aromatic N) is 2. The number of carbonyl (C=O) groups excluding carboxylic acids is 1. The highest BCUT2D eigenvalue weighted by Gasteiger charge is 2.37. The van der Waals surface area contributed by atoms with Gasteiger partial charge in [-0.05, 0) is 99.5 Å². The largest absolute Gasteiger partial charge is 0.309 e. The fraction of sp³-hybridized carbons (Fsp3) is 0.519. The highest BCUT2D eigenvalue weighted by Crippen LogP contribution is 2.38. The van der Waals surface area contributed by atoms with Crippen molar-refractivity contribution in [3.63, 3.8) is 0 Å². The van der Waals surface area contributed by atoms with E-state index in [1.54, 1.807) is 18.2 Å². The van der Waals surface area contributed by atoms with Crippen LogP contribution in [0.3, 0.4) is 0 Å². The van der Waals surface area contributed by atoms with Gasteiger partial charge in [0.25, 0.3) is 10.0 Å². The average molecular weight is 482 g/mol. The predicted octanol–water partition coefficient (Wildman–Crippen LogP) is 4.80. The lowest BCUT2D eigenvalue weighted by molar-refractivity contribution is -0.125. The summed E-state index contributed by atoms with van der Waals surface area (Å²) in [5.41, 5.74) is 3.54. The minimum absolute atomic E-state index is 0.0599. The van der Waals surface area contributed by atoms with Gasteiger partial charge < -0.3 is 4.90 Å². The van der Waals surface area contributed by atoms with Crippen molar-refractivity contribution < 1.29 is 13.2 Å². The molecule has 0 aromatic heterocycles. The van der Waals surface area contributed by atoms with Crippen molar-refractivity contribution in [3.8, 4) is 0 Å². The first-order valence-electron chi connectivity index (χ1n) is 12.6. The number of amides is 1. The number of anilines is 2. The van der Waals surface area contributed by atoms with Crippen molar-refractivity contribution in [2.45, 2.75) is 69.9 Å². The van der Waals surface area contributed by atoms with Crippen molar-refractivity contribution in [2.24, 2.45) is 11.8 Å². The lowest BCUT2D eigenvalue weighted by atomic mass is 9.84. The van der Waals surface area contributed by atoms with Crippen molar-refractivity contribution >= 4 is 27.3 Å². The molecule has 1 saturated heterocycles. The molecule has 1 atom stereocenters. The molecule has 1 aliphatic carbocycles. The maximum atomic E-state index is 13.1. The lowest BCUT2D eigenvalue weighted by Gasteiger charge is -2.32. The van der Waals surface area contributed by atoms with Crippen molar-refractivity contribution in [1.82, 2.24) is 4.90 Å². The molecule has 0 unspecified atom stereocenters. The first-order valence-corrected chi connectivity index (χ1v) is 14.1. The van der Waals surface area contributed by atoms with Gasteiger partial charge in [0.15, 0.2) is 0 Å². The molecule has 182 valence electrons. The van der Waals surface area contributed by atoms with Gasteiger partial charge in [-0.15, -0.1) is 0 Å². The molecule has 7 heteroatoms. The third-order valence-corrected chi connectivity index (χ3v) is 9.14. The molecule has 2 heterocycles. The summed E-state index contributed by atoms with van der Waals surface area (Å²) in [6.07, 6.45) is 6.20. The second-order valence-electron chi connectivity index (χ2n) is 10.4. The number of likely N-dealkylation sites (tertiary alicyclic amines) is 1. The van der Waals surface area contributed by atoms with E-state index in [2.05, 4.69) is 16.5 Å². The first kappa shape index (κ1) is 23.4. The number of sulfonamides is 1. The standard InChI is InChI=1S/C27H35N3O3S/c1-19-12-14-29(15-13-19)18-21-6-8-24(9-7-21)28-34(32,33)25-10-11-26-23(17-25)16-20(2)30(26)27(31)22-4-3-5-22/h6-11,17,19-20,22,28H,3-5,12-16,18H2,1-2H3/t20-/m1/s1. The lowest BCUT2D eigenvalue weighted by Crippen LogP contribution is -2.42. The number of benzene rings is 2. The molecule has 1 saturated carbocycles. The molecule has 2 aliphatic heterocycles. The molecule has 34 heavy (non-hydrogen) atoms. The van der Waals surface area contributed by atoms with Crippen LogP contribution in [-0.2, 0) is 27.8 Å². The summed E-state index contributed by atoms with van der Waals surface area (Å²) in [7, 11) is -3.71. The van der Waals surface area contributed by atoms with E-state index >= 15 is 0 Å². The van der Waals surface area contributed by atoms with Crippen LogP contribution in [0.15, 0.2) is 47.4 Å². The van der Waals surface area contributed by atoms with E-state index in [0.29, 0.717) is 12.1 Å².